The van der Waals surface area contributed by atoms with Crippen LogP contribution in [0.25, 0.3) is 16.6 Å². The van der Waals surface area contributed by atoms with Gasteiger partial charge in [0.15, 0.2) is 5.82 Å². The van der Waals surface area contributed by atoms with Crippen LogP contribution in [0.15, 0.2) is 42.9 Å². The van der Waals surface area contributed by atoms with Gasteiger partial charge in [-0.15, -0.1) is 5.10 Å². The zero-order chi connectivity index (χ0) is 28.0. The summed E-state index contributed by atoms with van der Waals surface area (Å²) in [7, 11) is 0. The summed E-state index contributed by atoms with van der Waals surface area (Å²) < 4.78 is 11.2. The number of likely N-dealkylation sites (tertiary alicyclic amines) is 1. The summed E-state index contributed by atoms with van der Waals surface area (Å²) in [5.41, 5.74) is 3.46. The molecule has 1 amide bonds. The topological polar surface area (TPSA) is 138 Å². The third-order valence-corrected chi connectivity index (χ3v) is 5.98. The van der Waals surface area contributed by atoms with Crippen LogP contribution in [0.3, 0.4) is 0 Å². The summed E-state index contributed by atoms with van der Waals surface area (Å²) in [6.45, 7) is 11.8. The van der Waals surface area contributed by atoms with Crippen LogP contribution in [0, 0.1) is 5.41 Å². The van der Waals surface area contributed by atoms with Crippen molar-refractivity contribution in [2.75, 3.05) is 31.6 Å². The Balaban J connectivity index is 1.30. The monoisotopic (exact) mass is 532 g/mol. The standard InChI is InChI=1S/C28H36N8O3/c1-18(2)19-11-26(35-32-15-19)34-25-7-6-23-24(33-25)10-20(14-31-23)21(12-29)13-30-8-9-38-22-16-36(17-22)27(37)39-28(3,4)5/h6-7,10-15,18,22,29-30H,8-9,16-17H2,1-5H3,(H,33,34,35)/b21-13+,29-12?. The van der Waals surface area contributed by atoms with E-state index in [-0.39, 0.29) is 12.2 Å². The first kappa shape index (κ1) is 27.9. The quantitative estimate of drug-likeness (QED) is 0.254. The van der Waals surface area contributed by atoms with Crippen molar-refractivity contribution in [1.82, 2.24) is 30.4 Å². The summed E-state index contributed by atoms with van der Waals surface area (Å²) in [5.74, 6) is 1.60. The van der Waals surface area contributed by atoms with Gasteiger partial charge in [-0.1, -0.05) is 13.8 Å². The molecular weight excluding hydrogens is 496 g/mol. The number of carbonyl (C=O) groups excluding carboxylic acids is 1. The number of anilines is 2. The molecular formula is C28H36N8O3. The lowest BCUT2D eigenvalue weighted by atomic mass is 10.1. The van der Waals surface area contributed by atoms with E-state index in [1.54, 1.807) is 23.5 Å². The second-order valence-electron chi connectivity index (χ2n) is 10.7. The highest BCUT2D eigenvalue weighted by molar-refractivity contribution is 6.08. The van der Waals surface area contributed by atoms with Crippen LogP contribution in [-0.2, 0) is 9.47 Å². The first-order valence-electron chi connectivity index (χ1n) is 13.0. The smallest absolute Gasteiger partial charge is 0.410 e. The van der Waals surface area contributed by atoms with Gasteiger partial charge < -0.3 is 30.4 Å². The predicted molar refractivity (Wildman–Crippen MR) is 151 cm³/mol. The highest BCUT2D eigenvalue weighted by Gasteiger charge is 2.34. The summed E-state index contributed by atoms with van der Waals surface area (Å²) in [4.78, 5) is 22.8. The Kier molecular flexibility index (Phi) is 8.70. The number of pyridine rings is 2. The van der Waals surface area contributed by atoms with Crippen LogP contribution in [0.2, 0.25) is 0 Å². The highest BCUT2D eigenvalue weighted by atomic mass is 16.6. The van der Waals surface area contributed by atoms with E-state index in [9.17, 15) is 4.79 Å². The number of nitrogens with one attached hydrogen (secondary N) is 3. The predicted octanol–water partition coefficient (Wildman–Crippen LogP) is 4.50. The van der Waals surface area contributed by atoms with Crippen LogP contribution in [-0.4, -0.2) is 75.3 Å². The molecule has 0 aliphatic carbocycles. The third-order valence-electron chi connectivity index (χ3n) is 5.98. The molecule has 11 nitrogen and oxygen atoms in total. The minimum atomic E-state index is -0.503. The molecule has 4 rings (SSSR count). The van der Waals surface area contributed by atoms with Gasteiger partial charge in [-0.2, -0.15) is 5.10 Å². The fraction of sp³-hybridized carbons (Fsp3) is 0.429. The first-order valence-corrected chi connectivity index (χ1v) is 13.0. The van der Waals surface area contributed by atoms with Crippen molar-refractivity contribution >= 4 is 40.6 Å². The van der Waals surface area contributed by atoms with Crippen LogP contribution < -0.4 is 10.6 Å². The van der Waals surface area contributed by atoms with Gasteiger partial charge in [0.1, 0.15) is 11.4 Å². The summed E-state index contributed by atoms with van der Waals surface area (Å²) in [6, 6.07) is 7.61. The lowest BCUT2D eigenvalue weighted by Gasteiger charge is -2.39. The molecule has 3 aromatic heterocycles. The van der Waals surface area contributed by atoms with E-state index in [0.29, 0.717) is 54.9 Å². The van der Waals surface area contributed by atoms with Crippen LogP contribution in [0.4, 0.5) is 16.4 Å². The van der Waals surface area contributed by atoms with Crippen LogP contribution in [0.5, 0.6) is 0 Å². The Morgan fingerprint density at radius 1 is 1.18 bits per heavy atom. The van der Waals surface area contributed by atoms with Crippen molar-refractivity contribution in [3.05, 3.63) is 54.0 Å². The van der Waals surface area contributed by atoms with E-state index >= 15 is 0 Å². The SMILES string of the molecule is CC(C)c1cnnc(Nc2ccc3ncc(/C(C=N)=C/NCCOC4CN(C(=O)OC(C)(C)C)C4)cc3n2)c1. The Bertz CT molecular complexity index is 1350. The lowest BCUT2D eigenvalue weighted by Crippen LogP contribution is -2.56. The van der Waals surface area contributed by atoms with Gasteiger partial charge in [-0.3, -0.25) is 4.98 Å². The molecule has 4 heterocycles. The second-order valence-corrected chi connectivity index (χ2v) is 10.7. The Labute approximate surface area is 228 Å². The molecule has 0 aromatic carbocycles. The average Bonchev–Trinajstić information content (AvgIpc) is 2.85. The van der Waals surface area contributed by atoms with E-state index in [1.165, 1.54) is 6.21 Å². The number of allylic oxidation sites excluding steroid dienone is 1. The van der Waals surface area contributed by atoms with Gasteiger partial charge in [0, 0.05) is 36.3 Å². The normalized spacial score (nSPS) is 14.3. The van der Waals surface area contributed by atoms with Gasteiger partial charge in [0.2, 0.25) is 0 Å². The maximum Gasteiger partial charge on any atom is 0.410 e. The Morgan fingerprint density at radius 3 is 2.69 bits per heavy atom. The summed E-state index contributed by atoms with van der Waals surface area (Å²) in [6.07, 6.45) is 6.22. The van der Waals surface area contributed by atoms with Gasteiger partial charge in [-0.25, -0.2) is 9.78 Å². The first-order chi connectivity index (χ1) is 18.6. The lowest BCUT2D eigenvalue weighted by molar-refractivity contribution is -0.0616. The number of aromatic nitrogens is 4. The molecule has 206 valence electrons. The zero-order valence-electron chi connectivity index (χ0n) is 23.1. The van der Waals surface area contributed by atoms with E-state index in [0.717, 1.165) is 16.6 Å². The number of rotatable bonds is 10. The van der Waals surface area contributed by atoms with E-state index in [4.69, 9.17) is 14.9 Å². The van der Waals surface area contributed by atoms with Gasteiger partial charge in [-0.05, 0) is 56.5 Å². The summed E-state index contributed by atoms with van der Waals surface area (Å²) in [5, 5.41) is 22.5. The number of hydrogen-bond acceptors (Lipinski definition) is 10. The number of carbonyl (C=O) groups is 1. The molecule has 39 heavy (non-hydrogen) atoms. The molecule has 0 unspecified atom stereocenters. The minimum Gasteiger partial charge on any atom is -0.444 e. The fourth-order valence-electron chi connectivity index (χ4n) is 3.82. The number of amides is 1. The molecule has 3 aromatic rings. The molecule has 1 aliphatic heterocycles. The molecule has 0 radical (unpaired) electrons. The molecule has 11 heteroatoms. The van der Waals surface area contributed by atoms with Crippen molar-refractivity contribution in [3.63, 3.8) is 0 Å². The van der Waals surface area contributed by atoms with Crippen molar-refractivity contribution < 1.29 is 14.3 Å². The molecule has 0 saturated carbocycles. The van der Waals surface area contributed by atoms with Crippen LogP contribution >= 0.6 is 0 Å². The van der Waals surface area contributed by atoms with Crippen molar-refractivity contribution in [2.45, 2.75) is 52.2 Å². The Morgan fingerprint density at radius 2 is 1.97 bits per heavy atom. The number of fused-ring (bicyclic) bond motifs is 1. The maximum atomic E-state index is 12.0. The van der Waals surface area contributed by atoms with Crippen LogP contribution in [0.1, 0.15) is 51.7 Å². The minimum absolute atomic E-state index is 0.00269. The average molecular weight is 533 g/mol. The molecule has 3 N–H and O–H groups in total. The maximum absolute atomic E-state index is 12.0. The molecule has 1 aliphatic rings. The second kappa shape index (κ2) is 12.2. The largest absolute Gasteiger partial charge is 0.444 e. The van der Waals surface area contributed by atoms with Crippen molar-refractivity contribution in [1.29, 1.82) is 5.41 Å². The molecule has 0 spiro atoms. The van der Waals surface area contributed by atoms with Gasteiger partial charge in [0.25, 0.3) is 0 Å². The molecule has 0 atom stereocenters. The number of nitrogens with zero attached hydrogens (tertiary/aromatic N) is 5. The molecule has 1 saturated heterocycles. The molecule has 1 fully saturated rings. The number of hydrogen-bond donors (Lipinski definition) is 3. The van der Waals surface area contributed by atoms with Gasteiger partial charge >= 0.3 is 6.09 Å². The number of ether oxygens (including phenoxy) is 2. The summed E-state index contributed by atoms with van der Waals surface area (Å²) >= 11 is 0. The molecule has 0 bridgehead atoms. The highest BCUT2D eigenvalue weighted by Crippen LogP contribution is 2.22. The Hall–Kier alpha value is -4.12. The third kappa shape index (κ3) is 7.70. The van der Waals surface area contributed by atoms with Gasteiger partial charge in [0.05, 0.1) is 43.0 Å². The van der Waals surface area contributed by atoms with Crippen molar-refractivity contribution in [2.24, 2.45) is 0 Å². The van der Waals surface area contributed by atoms with E-state index in [2.05, 4.69) is 44.6 Å². The fourth-order valence-corrected chi connectivity index (χ4v) is 3.82. The zero-order valence-corrected chi connectivity index (χ0v) is 23.1. The van der Waals surface area contributed by atoms with E-state index in [1.807, 2.05) is 45.0 Å². The van der Waals surface area contributed by atoms with E-state index < -0.39 is 5.60 Å². The van der Waals surface area contributed by atoms with Crippen molar-refractivity contribution in [3.8, 4) is 0 Å².